The number of allylic oxidation sites excluding steroid dienone is 2. The maximum atomic E-state index is 13.2. The van der Waals surface area contributed by atoms with Crippen LogP contribution >= 0.6 is 0 Å². The fourth-order valence-electron chi connectivity index (χ4n) is 4.94. The highest BCUT2D eigenvalue weighted by Crippen LogP contribution is 2.36. The lowest BCUT2D eigenvalue weighted by atomic mass is 9.85. The van der Waals surface area contributed by atoms with E-state index in [9.17, 15) is 14.4 Å². The lowest BCUT2D eigenvalue weighted by molar-refractivity contribution is -0.151. The van der Waals surface area contributed by atoms with Crippen molar-refractivity contribution in [3.8, 4) is 0 Å². The van der Waals surface area contributed by atoms with Crippen molar-refractivity contribution in [2.75, 3.05) is 6.54 Å². The number of aromatic nitrogens is 1. The number of hydrogen-bond acceptors (Lipinski definition) is 3. The maximum absolute atomic E-state index is 13.2. The minimum Gasteiger partial charge on any atom is -0.358 e. The smallest absolute Gasteiger partial charge is 0.245 e. The molecule has 144 valence electrons. The normalized spacial score (nSPS) is 25.2. The Morgan fingerprint density at radius 1 is 1.11 bits per heavy atom. The van der Waals surface area contributed by atoms with Gasteiger partial charge in [0, 0.05) is 41.7 Å². The fourth-order valence-corrected chi connectivity index (χ4v) is 4.94. The van der Waals surface area contributed by atoms with Gasteiger partial charge in [0.1, 0.15) is 6.04 Å². The number of benzene rings is 1. The second kappa shape index (κ2) is 6.33. The van der Waals surface area contributed by atoms with Crippen LogP contribution in [0.25, 0.3) is 10.9 Å². The number of imide groups is 1. The number of carbonyl (C=O) groups is 3. The quantitative estimate of drug-likeness (QED) is 0.645. The standard InChI is InChI=1S/C22H23N3O3/c1-13(25-21(27)15-7-2-3-8-16(15)22(25)28)20(26)24-11-10-19-17(12-24)14-6-4-5-9-18(14)23-19/h2-6,9,13,15-16,23H,7-8,10-12H2,1H3. The minimum absolute atomic E-state index is 0.149. The second-order valence-corrected chi connectivity index (χ2v) is 8.02. The summed E-state index contributed by atoms with van der Waals surface area (Å²) < 4.78 is 0. The molecule has 1 saturated heterocycles. The van der Waals surface area contributed by atoms with Gasteiger partial charge >= 0.3 is 0 Å². The zero-order valence-electron chi connectivity index (χ0n) is 15.9. The molecule has 2 aromatic rings. The van der Waals surface area contributed by atoms with E-state index in [4.69, 9.17) is 0 Å². The molecule has 3 heterocycles. The molecule has 5 rings (SSSR count). The molecule has 3 atom stereocenters. The minimum atomic E-state index is -0.752. The Balaban J connectivity index is 1.38. The van der Waals surface area contributed by atoms with Gasteiger partial charge in [-0.25, -0.2) is 0 Å². The number of H-pyrrole nitrogens is 1. The van der Waals surface area contributed by atoms with Crippen LogP contribution < -0.4 is 0 Å². The van der Waals surface area contributed by atoms with Gasteiger partial charge in [0.05, 0.1) is 11.8 Å². The summed E-state index contributed by atoms with van der Waals surface area (Å²) in [5.74, 6) is -1.12. The third-order valence-electron chi connectivity index (χ3n) is 6.48. The van der Waals surface area contributed by atoms with E-state index in [1.165, 1.54) is 10.6 Å². The highest BCUT2D eigenvalue weighted by molar-refractivity contribution is 6.08. The van der Waals surface area contributed by atoms with Crippen LogP contribution in [0.5, 0.6) is 0 Å². The maximum Gasteiger partial charge on any atom is 0.245 e. The molecular weight excluding hydrogens is 354 g/mol. The molecule has 0 bridgehead atoms. The van der Waals surface area contributed by atoms with Gasteiger partial charge in [0.15, 0.2) is 0 Å². The zero-order valence-corrected chi connectivity index (χ0v) is 15.9. The van der Waals surface area contributed by atoms with Crippen LogP contribution in [0.4, 0.5) is 0 Å². The predicted octanol–water partition coefficient (Wildman–Crippen LogP) is 2.39. The summed E-state index contributed by atoms with van der Waals surface area (Å²) in [6.07, 6.45) is 5.86. The van der Waals surface area contributed by atoms with E-state index in [1.54, 1.807) is 11.8 Å². The number of rotatable bonds is 2. The van der Waals surface area contributed by atoms with E-state index in [2.05, 4.69) is 11.1 Å². The number of amides is 3. The van der Waals surface area contributed by atoms with Crippen molar-refractivity contribution < 1.29 is 14.4 Å². The average molecular weight is 377 g/mol. The summed E-state index contributed by atoms with van der Waals surface area (Å²) in [5, 5.41) is 1.13. The van der Waals surface area contributed by atoms with Crippen LogP contribution in [0.15, 0.2) is 36.4 Å². The summed E-state index contributed by atoms with van der Waals surface area (Å²) >= 11 is 0. The van der Waals surface area contributed by atoms with Crippen LogP contribution in [0.3, 0.4) is 0 Å². The van der Waals surface area contributed by atoms with Crippen molar-refractivity contribution in [1.29, 1.82) is 0 Å². The van der Waals surface area contributed by atoms with Gasteiger partial charge in [0.25, 0.3) is 0 Å². The van der Waals surface area contributed by atoms with E-state index in [1.807, 2.05) is 30.4 Å². The topological polar surface area (TPSA) is 73.5 Å². The van der Waals surface area contributed by atoms with E-state index >= 15 is 0 Å². The molecule has 0 spiro atoms. The fraction of sp³-hybridized carbons (Fsp3) is 0.409. The highest BCUT2D eigenvalue weighted by atomic mass is 16.2. The molecule has 1 N–H and O–H groups in total. The number of aromatic amines is 1. The first-order chi connectivity index (χ1) is 13.6. The van der Waals surface area contributed by atoms with Gasteiger partial charge in [0.2, 0.25) is 17.7 Å². The highest BCUT2D eigenvalue weighted by Gasteiger charge is 2.50. The number of likely N-dealkylation sites (tertiary alicyclic amines) is 1. The molecule has 6 nitrogen and oxygen atoms in total. The molecule has 3 amide bonds. The number of fused-ring (bicyclic) bond motifs is 4. The number of nitrogens with zero attached hydrogens (tertiary/aromatic N) is 2. The molecule has 3 unspecified atom stereocenters. The lowest BCUT2D eigenvalue weighted by Crippen LogP contribution is -2.50. The van der Waals surface area contributed by atoms with Crippen molar-refractivity contribution in [3.05, 3.63) is 47.7 Å². The molecule has 0 saturated carbocycles. The Hall–Kier alpha value is -2.89. The molecule has 1 fully saturated rings. The Labute approximate surface area is 163 Å². The summed E-state index contributed by atoms with van der Waals surface area (Å²) in [5.41, 5.74) is 3.39. The van der Waals surface area contributed by atoms with Crippen LogP contribution in [-0.4, -0.2) is 45.1 Å². The lowest BCUT2D eigenvalue weighted by Gasteiger charge is -2.32. The van der Waals surface area contributed by atoms with Crippen LogP contribution in [0.2, 0.25) is 0 Å². The summed E-state index contributed by atoms with van der Waals surface area (Å²) in [7, 11) is 0. The monoisotopic (exact) mass is 377 g/mol. The first-order valence-electron chi connectivity index (χ1n) is 9.95. The largest absolute Gasteiger partial charge is 0.358 e. The molecule has 3 aliphatic rings. The number of carbonyl (C=O) groups excluding carboxylic acids is 3. The summed E-state index contributed by atoms with van der Waals surface area (Å²) in [4.78, 5) is 45.3. The van der Waals surface area contributed by atoms with Gasteiger partial charge in [-0.3, -0.25) is 19.3 Å². The molecule has 1 aromatic heterocycles. The molecule has 0 radical (unpaired) electrons. The molecule has 6 heteroatoms. The Morgan fingerprint density at radius 3 is 2.50 bits per heavy atom. The third-order valence-corrected chi connectivity index (χ3v) is 6.48. The summed E-state index contributed by atoms with van der Waals surface area (Å²) in [6, 6.07) is 7.34. The van der Waals surface area contributed by atoms with Gasteiger partial charge in [-0.1, -0.05) is 30.4 Å². The first-order valence-corrected chi connectivity index (χ1v) is 9.95. The van der Waals surface area contributed by atoms with Crippen LogP contribution in [0, 0.1) is 11.8 Å². The van der Waals surface area contributed by atoms with E-state index in [0.717, 1.165) is 22.9 Å². The van der Waals surface area contributed by atoms with Crippen molar-refractivity contribution in [2.24, 2.45) is 11.8 Å². The van der Waals surface area contributed by atoms with Crippen molar-refractivity contribution in [2.45, 2.75) is 38.8 Å². The molecule has 1 aliphatic carbocycles. The molecule has 1 aromatic carbocycles. The van der Waals surface area contributed by atoms with Crippen molar-refractivity contribution in [1.82, 2.24) is 14.8 Å². The number of nitrogens with one attached hydrogen (secondary N) is 1. The predicted molar refractivity (Wildman–Crippen MR) is 104 cm³/mol. The van der Waals surface area contributed by atoms with Crippen LogP contribution in [-0.2, 0) is 27.3 Å². The Kier molecular flexibility index (Phi) is 3.89. The first kappa shape index (κ1) is 17.2. The summed E-state index contributed by atoms with van der Waals surface area (Å²) in [6.45, 7) is 2.79. The SMILES string of the molecule is CC(C(=O)N1CCc2[nH]c3ccccc3c2C1)N1C(=O)C2CC=CCC2C1=O. The molecular formula is C22H23N3O3. The number of para-hydroxylation sites is 1. The Bertz CT molecular complexity index is 995. The van der Waals surface area contributed by atoms with Gasteiger partial charge < -0.3 is 9.88 Å². The van der Waals surface area contributed by atoms with Crippen LogP contribution in [0.1, 0.15) is 31.0 Å². The van der Waals surface area contributed by atoms with Crippen molar-refractivity contribution in [3.63, 3.8) is 0 Å². The van der Waals surface area contributed by atoms with Crippen molar-refractivity contribution >= 4 is 28.6 Å². The zero-order chi connectivity index (χ0) is 19.4. The number of hydrogen-bond donors (Lipinski definition) is 1. The second-order valence-electron chi connectivity index (χ2n) is 8.02. The van der Waals surface area contributed by atoms with Gasteiger partial charge in [-0.15, -0.1) is 0 Å². The van der Waals surface area contributed by atoms with E-state index in [0.29, 0.717) is 25.9 Å². The molecule has 28 heavy (non-hydrogen) atoms. The van der Waals surface area contributed by atoms with E-state index in [-0.39, 0.29) is 29.6 Å². The average Bonchev–Trinajstić information content (AvgIpc) is 3.22. The Morgan fingerprint density at radius 2 is 1.79 bits per heavy atom. The van der Waals surface area contributed by atoms with Gasteiger partial charge in [-0.2, -0.15) is 0 Å². The van der Waals surface area contributed by atoms with E-state index < -0.39 is 6.04 Å². The molecule has 2 aliphatic heterocycles. The van der Waals surface area contributed by atoms with Gasteiger partial charge in [-0.05, 0) is 25.8 Å². The third kappa shape index (κ3) is 2.44.